The fraction of sp³-hybridized carbons (Fsp3) is 0.529. The number of carbonyl (C=O) groups is 1. The highest BCUT2D eigenvalue weighted by molar-refractivity contribution is 5.77. The van der Waals surface area contributed by atoms with Crippen molar-refractivity contribution in [2.45, 2.75) is 39.8 Å². The molecule has 0 aliphatic rings. The third-order valence-electron chi connectivity index (χ3n) is 4.03. The van der Waals surface area contributed by atoms with Gasteiger partial charge in [0, 0.05) is 0 Å². The first-order valence-electron chi connectivity index (χ1n) is 7.66. The molecule has 2 aromatic rings. The number of aliphatic hydroxyl groups is 1. The number of hydrogen-bond acceptors (Lipinski definition) is 2. The van der Waals surface area contributed by atoms with Crippen LogP contribution in [0.4, 0.5) is 0 Å². The molecule has 1 aromatic heterocycles. The summed E-state index contributed by atoms with van der Waals surface area (Å²) in [4.78, 5) is 12.1. The number of hydrogen-bond donors (Lipinski definition) is 2. The Morgan fingerprint density at radius 1 is 1.36 bits per heavy atom. The van der Waals surface area contributed by atoms with Crippen LogP contribution in [0.25, 0.3) is 11.0 Å². The van der Waals surface area contributed by atoms with Crippen LogP contribution in [0.1, 0.15) is 27.2 Å². The molecule has 0 radical (unpaired) electrons. The van der Waals surface area contributed by atoms with Crippen molar-refractivity contribution in [2.75, 3.05) is 6.61 Å². The summed E-state index contributed by atoms with van der Waals surface area (Å²) in [5, 5.41) is 12.3. The Hall–Kier alpha value is -1.88. The number of aryl methyl sites for hydroxylation is 2. The molecule has 0 bridgehead atoms. The number of para-hydroxylation sites is 2. The van der Waals surface area contributed by atoms with Gasteiger partial charge in [-0.15, -0.1) is 0 Å². The quantitative estimate of drug-likeness (QED) is 0.820. The second-order valence-electron chi connectivity index (χ2n) is 6.83. The van der Waals surface area contributed by atoms with Crippen LogP contribution in [0, 0.1) is 5.41 Å². The van der Waals surface area contributed by atoms with Gasteiger partial charge in [-0.05, 0) is 17.5 Å². The predicted octanol–water partition coefficient (Wildman–Crippen LogP) is 1.38. The topological polar surface area (TPSA) is 58.1 Å². The Labute approximate surface area is 131 Å². The standard InChI is InChI=1S/C17H25N3O2/c1-17(2,3)15(11-21)18-16(22)9-10-20-12-19(4)13-7-5-6-8-14(13)20/h5-8,12,15,21H,9-11H2,1-4H3/p+1/t15-/m1/s1. The van der Waals surface area contributed by atoms with Crippen LogP contribution < -0.4 is 9.88 Å². The average molecular weight is 304 g/mol. The van der Waals surface area contributed by atoms with E-state index in [-0.39, 0.29) is 24.0 Å². The van der Waals surface area contributed by atoms with Crippen LogP contribution in [0.15, 0.2) is 30.6 Å². The molecule has 0 saturated carbocycles. The third kappa shape index (κ3) is 3.65. The summed E-state index contributed by atoms with van der Waals surface area (Å²) in [6.45, 7) is 6.60. The zero-order chi connectivity index (χ0) is 16.3. The largest absolute Gasteiger partial charge is 0.394 e. The number of amides is 1. The molecule has 0 saturated heterocycles. The lowest BCUT2D eigenvalue weighted by atomic mass is 9.87. The number of nitrogens with one attached hydrogen (secondary N) is 1. The average Bonchev–Trinajstić information content (AvgIpc) is 2.78. The van der Waals surface area contributed by atoms with E-state index >= 15 is 0 Å². The molecular weight excluding hydrogens is 278 g/mol. The van der Waals surface area contributed by atoms with E-state index in [4.69, 9.17) is 0 Å². The number of fused-ring (bicyclic) bond motifs is 1. The van der Waals surface area contributed by atoms with Crippen LogP contribution in [0.3, 0.4) is 0 Å². The maximum absolute atomic E-state index is 12.1. The summed E-state index contributed by atoms with van der Waals surface area (Å²) in [6.07, 6.45) is 2.40. The van der Waals surface area contributed by atoms with Gasteiger partial charge in [0.25, 0.3) is 0 Å². The van der Waals surface area contributed by atoms with E-state index in [1.54, 1.807) is 0 Å². The molecule has 0 unspecified atom stereocenters. The first kappa shape index (κ1) is 16.5. The van der Waals surface area contributed by atoms with E-state index in [1.165, 1.54) is 0 Å². The van der Waals surface area contributed by atoms with Gasteiger partial charge in [0.1, 0.15) is 0 Å². The molecule has 0 aliphatic heterocycles. The first-order chi connectivity index (χ1) is 10.3. The van der Waals surface area contributed by atoms with Crippen molar-refractivity contribution < 1.29 is 14.5 Å². The highest BCUT2D eigenvalue weighted by Gasteiger charge is 2.25. The Balaban J connectivity index is 2.01. The van der Waals surface area contributed by atoms with Gasteiger partial charge in [-0.2, -0.15) is 0 Å². The van der Waals surface area contributed by atoms with Gasteiger partial charge in [-0.25, -0.2) is 9.13 Å². The molecule has 5 nitrogen and oxygen atoms in total. The Morgan fingerprint density at radius 2 is 2.05 bits per heavy atom. The van der Waals surface area contributed by atoms with Crippen LogP contribution in [0.2, 0.25) is 0 Å². The fourth-order valence-electron chi connectivity index (χ4n) is 2.54. The number of rotatable bonds is 5. The minimum atomic E-state index is -0.225. The van der Waals surface area contributed by atoms with E-state index in [9.17, 15) is 9.90 Å². The van der Waals surface area contributed by atoms with Gasteiger partial charge in [0.15, 0.2) is 11.0 Å². The molecule has 1 amide bonds. The van der Waals surface area contributed by atoms with Gasteiger partial charge in [0.2, 0.25) is 12.2 Å². The molecule has 2 N–H and O–H groups in total. The highest BCUT2D eigenvalue weighted by Crippen LogP contribution is 2.19. The summed E-state index contributed by atoms with van der Waals surface area (Å²) >= 11 is 0. The number of carbonyl (C=O) groups excluding carboxylic acids is 1. The van der Waals surface area contributed by atoms with Crippen LogP contribution in [-0.4, -0.2) is 28.2 Å². The smallest absolute Gasteiger partial charge is 0.244 e. The van der Waals surface area contributed by atoms with Crippen molar-refractivity contribution >= 4 is 16.9 Å². The lowest BCUT2D eigenvalue weighted by molar-refractivity contribution is -0.645. The second kappa shape index (κ2) is 6.48. The summed E-state index contributed by atoms with van der Waals surface area (Å²) in [5.74, 6) is -0.0330. The number of imidazole rings is 1. The molecule has 0 fully saturated rings. The summed E-state index contributed by atoms with van der Waals surface area (Å²) in [5.41, 5.74) is 2.11. The first-order valence-corrected chi connectivity index (χ1v) is 7.66. The van der Waals surface area contributed by atoms with Gasteiger partial charge < -0.3 is 10.4 Å². The van der Waals surface area contributed by atoms with Gasteiger partial charge in [-0.3, -0.25) is 4.79 Å². The number of nitrogens with zero attached hydrogens (tertiary/aromatic N) is 2. The molecular formula is C17H26N3O2+. The molecule has 22 heavy (non-hydrogen) atoms. The van der Waals surface area contributed by atoms with Crippen LogP contribution >= 0.6 is 0 Å². The number of aromatic nitrogens is 2. The van der Waals surface area contributed by atoms with Crippen LogP contribution in [0.5, 0.6) is 0 Å². The van der Waals surface area contributed by atoms with Crippen molar-refractivity contribution in [3.05, 3.63) is 30.6 Å². The summed E-state index contributed by atoms with van der Waals surface area (Å²) < 4.78 is 4.14. The van der Waals surface area contributed by atoms with Crippen LogP contribution in [-0.2, 0) is 18.4 Å². The molecule has 5 heteroatoms. The Kier molecular flexibility index (Phi) is 4.86. The number of benzene rings is 1. The number of aliphatic hydroxyl groups excluding tert-OH is 1. The third-order valence-corrected chi connectivity index (χ3v) is 4.03. The summed E-state index contributed by atoms with van der Waals surface area (Å²) in [7, 11) is 2.00. The van der Waals surface area contributed by atoms with E-state index in [2.05, 4.69) is 26.6 Å². The SMILES string of the molecule is C[n+]1cn(CCC(=O)N[C@H](CO)C(C)(C)C)c2ccccc21. The molecule has 0 spiro atoms. The summed E-state index contributed by atoms with van der Waals surface area (Å²) in [6, 6.07) is 7.90. The van der Waals surface area contributed by atoms with Crippen molar-refractivity contribution in [1.82, 2.24) is 9.88 Å². The van der Waals surface area contributed by atoms with Crippen molar-refractivity contribution in [3.8, 4) is 0 Å². The Morgan fingerprint density at radius 3 is 2.68 bits per heavy atom. The fourth-order valence-corrected chi connectivity index (χ4v) is 2.54. The van der Waals surface area contributed by atoms with Crippen molar-refractivity contribution in [3.63, 3.8) is 0 Å². The normalized spacial score (nSPS) is 13.3. The van der Waals surface area contributed by atoms with Gasteiger partial charge >= 0.3 is 0 Å². The Bertz CT molecular complexity index is 655. The monoisotopic (exact) mass is 304 g/mol. The van der Waals surface area contributed by atoms with Gasteiger partial charge in [-0.1, -0.05) is 32.9 Å². The van der Waals surface area contributed by atoms with Crippen molar-refractivity contribution in [1.29, 1.82) is 0 Å². The van der Waals surface area contributed by atoms with E-state index < -0.39 is 0 Å². The lowest BCUT2D eigenvalue weighted by Gasteiger charge is -2.29. The molecule has 1 atom stereocenters. The van der Waals surface area contributed by atoms with Gasteiger partial charge in [0.05, 0.1) is 32.7 Å². The minimum absolute atomic E-state index is 0.0330. The molecule has 0 aliphatic carbocycles. The molecule has 1 aromatic carbocycles. The lowest BCUT2D eigenvalue weighted by Crippen LogP contribution is -2.46. The maximum Gasteiger partial charge on any atom is 0.244 e. The maximum atomic E-state index is 12.1. The van der Waals surface area contributed by atoms with E-state index in [0.29, 0.717) is 13.0 Å². The zero-order valence-electron chi connectivity index (χ0n) is 13.8. The molecule has 1 heterocycles. The minimum Gasteiger partial charge on any atom is -0.394 e. The zero-order valence-corrected chi connectivity index (χ0v) is 13.8. The highest BCUT2D eigenvalue weighted by atomic mass is 16.3. The second-order valence-corrected chi connectivity index (χ2v) is 6.83. The van der Waals surface area contributed by atoms with E-state index in [0.717, 1.165) is 11.0 Å². The molecule has 120 valence electrons. The predicted molar refractivity (Wildman–Crippen MR) is 86.2 cm³/mol. The van der Waals surface area contributed by atoms with E-state index in [1.807, 2.05) is 46.3 Å². The molecule has 2 rings (SSSR count). The van der Waals surface area contributed by atoms with Crippen molar-refractivity contribution in [2.24, 2.45) is 12.5 Å².